The fourth-order valence-corrected chi connectivity index (χ4v) is 2.48. The van der Waals surface area contributed by atoms with Gasteiger partial charge in [0, 0.05) is 6.54 Å². The third-order valence-electron chi connectivity index (χ3n) is 4.31. The minimum atomic E-state index is -0.581. The predicted molar refractivity (Wildman–Crippen MR) is 92.1 cm³/mol. The van der Waals surface area contributed by atoms with Crippen molar-refractivity contribution in [3.05, 3.63) is 47.5 Å². The second kappa shape index (κ2) is 6.84. The molecular formula is C19H23N5. The zero-order valence-corrected chi connectivity index (χ0v) is 14.7. The van der Waals surface area contributed by atoms with E-state index >= 15 is 0 Å². The fraction of sp³-hybridized carbons (Fsp3) is 0.474. The molecular weight excluding hydrogens is 298 g/mol. The molecule has 1 aromatic heterocycles. The lowest BCUT2D eigenvalue weighted by Gasteiger charge is -2.23. The number of aromatic nitrogens is 3. The maximum absolute atomic E-state index is 9.46. The van der Waals surface area contributed by atoms with Crippen LogP contribution in [0.25, 0.3) is 0 Å². The average Bonchev–Trinajstić information content (AvgIpc) is 3.08. The first-order chi connectivity index (χ1) is 11.3. The second-order valence-corrected chi connectivity index (χ2v) is 7.15. The molecule has 5 nitrogen and oxygen atoms in total. The monoisotopic (exact) mass is 321 g/mol. The number of hydrogen-bond donors (Lipinski definition) is 0. The molecule has 0 fully saturated rings. The van der Waals surface area contributed by atoms with Crippen molar-refractivity contribution in [1.29, 1.82) is 10.5 Å². The first kappa shape index (κ1) is 17.7. The fourth-order valence-electron chi connectivity index (χ4n) is 2.48. The van der Waals surface area contributed by atoms with Gasteiger partial charge in [-0.15, -0.1) is 0 Å². The largest absolute Gasteiger partial charge is 0.253 e. The summed E-state index contributed by atoms with van der Waals surface area (Å²) in [4.78, 5) is 3.94. The van der Waals surface area contributed by atoms with E-state index in [4.69, 9.17) is 0 Å². The van der Waals surface area contributed by atoms with Crippen molar-refractivity contribution < 1.29 is 0 Å². The zero-order valence-electron chi connectivity index (χ0n) is 14.7. The summed E-state index contributed by atoms with van der Waals surface area (Å²) in [6.07, 6.45) is 5.03. The zero-order chi connectivity index (χ0) is 17.8. The molecule has 5 heteroatoms. The van der Waals surface area contributed by atoms with Crippen LogP contribution in [-0.2, 0) is 23.8 Å². The summed E-state index contributed by atoms with van der Waals surface area (Å²) in [6.45, 7) is 8.42. The molecule has 0 spiro atoms. The van der Waals surface area contributed by atoms with Crippen LogP contribution in [0.15, 0.2) is 30.9 Å². The number of benzene rings is 1. The molecule has 0 atom stereocenters. The Hall–Kier alpha value is -2.66. The number of hydrogen-bond acceptors (Lipinski definition) is 4. The summed E-state index contributed by atoms with van der Waals surface area (Å²) in [6, 6.07) is 10.9. The Morgan fingerprint density at radius 3 is 2.04 bits per heavy atom. The number of nitrogens with zero attached hydrogens (tertiary/aromatic N) is 5. The SMILES string of the molecule is CC(C)(C#N)c1cc(CCCn2cncn2)cc(C(C)(C)C#N)c1. The van der Waals surface area contributed by atoms with Gasteiger partial charge in [0.2, 0.25) is 0 Å². The molecule has 0 amide bonds. The number of rotatable bonds is 6. The Kier molecular flexibility index (Phi) is 5.04. The van der Waals surface area contributed by atoms with Gasteiger partial charge in [-0.2, -0.15) is 15.6 Å². The Morgan fingerprint density at radius 2 is 1.58 bits per heavy atom. The predicted octanol–water partition coefficient (Wildman–Crippen LogP) is 3.51. The highest BCUT2D eigenvalue weighted by Gasteiger charge is 2.26. The van der Waals surface area contributed by atoms with Gasteiger partial charge >= 0.3 is 0 Å². The highest BCUT2D eigenvalue weighted by atomic mass is 15.3. The van der Waals surface area contributed by atoms with Crippen molar-refractivity contribution in [1.82, 2.24) is 14.8 Å². The van der Waals surface area contributed by atoms with Gasteiger partial charge in [0.15, 0.2) is 0 Å². The van der Waals surface area contributed by atoms with E-state index in [1.54, 1.807) is 6.33 Å². The quantitative estimate of drug-likeness (QED) is 0.815. The van der Waals surface area contributed by atoms with Crippen LogP contribution in [-0.4, -0.2) is 14.8 Å². The minimum absolute atomic E-state index is 0.581. The molecule has 24 heavy (non-hydrogen) atoms. The van der Waals surface area contributed by atoms with Gasteiger partial charge < -0.3 is 0 Å². The first-order valence-electron chi connectivity index (χ1n) is 8.08. The van der Waals surface area contributed by atoms with Crippen LogP contribution in [0.2, 0.25) is 0 Å². The van der Waals surface area contributed by atoms with E-state index in [9.17, 15) is 10.5 Å². The third-order valence-corrected chi connectivity index (χ3v) is 4.31. The molecule has 1 aromatic carbocycles. The summed E-state index contributed by atoms with van der Waals surface area (Å²) < 4.78 is 1.81. The van der Waals surface area contributed by atoms with Crippen molar-refractivity contribution in [2.75, 3.05) is 0 Å². The highest BCUT2D eigenvalue weighted by Crippen LogP contribution is 2.30. The molecule has 2 rings (SSSR count). The van der Waals surface area contributed by atoms with E-state index in [0.29, 0.717) is 0 Å². The van der Waals surface area contributed by atoms with Crippen molar-refractivity contribution in [3.8, 4) is 12.1 Å². The summed E-state index contributed by atoms with van der Waals surface area (Å²) in [5.41, 5.74) is 1.90. The molecule has 0 aliphatic heterocycles. The molecule has 0 radical (unpaired) electrons. The molecule has 0 aliphatic rings. The van der Waals surface area contributed by atoms with Crippen LogP contribution in [0.1, 0.15) is 50.8 Å². The van der Waals surface area contributed by atoms with Gasteiger partial charge in [-0.05, 0) is 57.2 Å². The lowest BCUT2D eigenvalue weighted by atomic mass is 9.78. The van der Waals surface area contributed by atoms with Crippen LogP contribution < -0.4 is 0 Å². The molecule has 0 saturated carbocycles. The van der Waals surface area contributed by atoms with E-state index in [1.807, 2.05) is 38.4 Å². The topological polar surface area (TPSA) is 78.3 Å². The number of nitriles is 2. The second-order valence-electron chi connectivity index (χ2n) is 7.15. The molecule has 1 heterocycles. The van der Waals surface area contributed by atoms with Gasteiger partial charge in [0.1, 0.15) is 12.7 Å². The van der Waals surface area contributed by atoms with E-state index < -0.39 is 10.8 Å². The van der Waals surface area contributed by atoms with Crippen LogP contribution in [0.5, 0.6) is 0 Å². The maximum Gasteiger partial charge on any atom is 0.137 e. The summed E-state index contributed by atoms with van der Waals surface area (Å²) >= 11 is 0. The Bertz CT molecular complexity index is 729. The van der Waals surface area contributed by atoms with Gasteiger partial charge in [-0.1, -0.05) is 18.2 Å². The van der Waals surface area contributed by atoms with Crippen molar-refractivity contribution in [3.63, 3.8) is 0 Å². The number of aryl methyl sites for hydroxylation is 2. The van der Waals surface area contributed by atoms with Crippen LogP contribution in [0, 0.1) is 22.7 Å². The lowest BCUT2D eigenvalue weighted by molar-refractivity contribution is 0.575. The molecule has 2 aromatic rings. The maximum atomic E-state index is 9.46. The summed E-state index contributed by atoms with van der Waals surface area (Å²) in [7, 11) is 0. The van der Waals surface area contributed by atoms with E-state index in [0.717, 1.165) is 36.1 Å². The Balaban J connectivity index is 2.29. The van der Waals surface area contributed by atoms with Crippen molar-refractivity contribution in [2.45, 2.75) is 57.9 Å². The minimum Gasteiger partial charge on any atom is -0.253 e. The van der Waals surface area contributed by atoms with Gasteiger partial charge in [0.05, 0.1) is 23.0 Å². The molecule has 0 unspecified atom stereocenters. The average molecular weight is 321 g/mol. The third kappa shape index (κ3) is 4.00. The van der Waals surface area contributed by atoms with Crippen LogP contribution >= 0.6 is 0 Å². The van der Waals surface area contributed by atoms with Gasteiger partial charge in [-0.25, -0.2) is 4.98 Å². The van der Waals surface area contributed by atoms with Crippen molar-refractivity contribution >= 4 is 0 Å². The Morgan fingerprint density at radius 1 is 1.00 bits per heavy atom. The molecule has 124 valence electrons. The lowest BCUT2D eigenvalue weighted by Crippen LogP contribution is -2.19. The smallest absolute Gasteiger partial charge is 0.137 e. The highest BCUT2D eigenvalue weighted by molar-refractivity contribution is 5.42. The first-order valence-corrected chi connectivity index (χ1v) is 8.08. The summed E-state index contributed by atoms with van der Waals surface area (Å²) in [5.74, 6) is 0. The normalized spacial score (nSPS) is 11.8. The molecule has 0 N–H and O–H groups in total. The standard InChI is InChI=1S/C19H23N5/c1-18(2,11-20)16-8-15(6-5-7-24-14-22-13-23-24)9-17(10-16)19(3,4)12-21/h8-10,13-14H,5-7H2,1-4H3. The van der Waals surface area contributed by atoms with E-state index in [1.165, 1.54) is 6.33 Å². The van der Waals surface area contributed by atoms with E-state index in [2.05, 4.69) is 34.4 Å². The van der Waals surface area contributed by atoms with Gasteiger partial charge in [-0.3, -0.25) is 4.68 Å². The summed E-state index contributed by atoms with van der Waals surface area (Å²) in [5, 5.41) is 23.0. The van der Waals surface area contributed by atoms with Crippen LogP contribution in [0.4, 0.5) is 0 Å². The molecule has 0 aliphatic carbocycles. The molecule has 0 bridgehead atoms. The molecule has 0 saturated heterocycles. The Labute approximate surface area is 143 Å². The van der Waals surface area contributed by atoms with E-state index in [-0.39, 0.29) is 0 Å². The van der Waals surface area contributed by atoms with Crippen molar-refractivity contribution in [2.24, 2.45) is 0 Å². The van der Waals surface area contributed by atoms with Crippen LogP contribution in [0.3, 0.4) is 0 Å². The van der Waals surface area contributed by atoms with Gasteiger partial charge in [0.25, 0.3) is 0 Å².